The van der Waals surface area contributed by atoms with Crippen molar-refractivity contribution < 1.29 is 14.7 Å². The van der Waals surface area contributed by atoms with Crippen LogP contribution >= 0.6 is 23.2 Å². The highest BCUT2D eigenvalue weighted by atomic mass is 35.5. The van der Waals surface area contributed by atoms with Crippen LogP contribution in [0, 0.1) is 22.7 Å². The Morgan fingerprint density at radius 1 is 0.824 bits per heavy atom. The van der Waals surface area contributed by atoms with E-state index in [1.807, 2.05) is 12.1 Å². The van der Waals surface area contributed by atoms with E-state index < -0.39 is 23.5 Å². The molecule has 2 atom stereocenters. The normalized spacial score (nSPS) is 12.6. The summed E-state index contributed by atoms with van der Waals surface area (Å²) in [6.07, 6.45) is 0. The molecule has 0 saturated carbocycles. The Labute approximate surface area is 205 Å². The summed E-state index contributed by atoms with van der Waals surface area (Å²) in [5.74, 6) is -4.37. The van der Waals surface area contributed by atoms with Crippen LogP contribution in [-0.4, -0.2) is 22.5 Å². The number of halogens is 2. The van der Waals surface area contributed by atoms with Crippen molar-refractivity contribution in [1.82, 2.24) is 5.43 Å². The first-order valence-electron chi connectivity index (χ1n) is 9.86. The lowest BCUT2D eigenvalue weighted by Crippen LogP contribution is -2.31. The second-order valence-electron chi connectivity index (χ2n) is 7.05. The number of amides is 1. The number of benzene rings is 3. The van der Waals surface area contributed by atoms with Crippen molar-refractivity contribution in [3.05, 3.63) is 99.5 Å². The average Bonchev–Trinajstić information content (AvgIpc) is 2.84. The van der Waals surface area contributed by atoms with E-state index in [0.717, 1.165) is 0 Å². The third-order valence-corrected chi connectivity index (χ3v) is 5.38. The van der Waals surface area contributed by atoms with Crippen LogP contribution in [-0.2, 0) is 4.79 Å². The Kier molecular flexibility index (Phi) is 8.00. The maximum Gasteiger partial charge on any atom is 0.275 e. The van der Waals surface area contributed by atoms with Crippen LogP contribution in [0.4, 0.5) is 0 Å². The molecule has 0 aliphatic heterocycles. The minimum atomic E-state index is -1.30. The Morgan fingerprint density at radius 2 is 1.32 bits per heavy atom. The predicted octanol–water partition coefficient (Wildman–Crippen LogP) is 4.97. The maximum absolute atomic E-state index is 13.5. The Hall–Kier alpha value is -4.17. The molecule has 0 bridgehead atoms. The lowest BCUT2D eigenvalue weighted by atomic mass is 9.86. The molecular formula is C25H16Cl2N4O3. The Bertz CT molecular complexity index is 1320. The monoisotopic (exact) mass is 490 g/mol. The van der Waals surface area contributed by atoms with Crippen molar-refractivity contribution in [2.45, 2.75) is 11.8 Å². The smallest absolute Gasteiger partial charge is 0.275 e. The molecule has 0 aliphatic rings. The number of nitriles is 2. The summed E-state index contributed by atoms with van der Waals surface area (Å²) in [7, 11) is 0. The summed E-state index contributed by atoms with van der Waals surface area (Å²) in [5, 5.41) is 34.3. The predicted molar refractivity (Wildman–Crippen MR) is 128 cm³/mol. The van der Waals surface area contributed by atoms with Crippen molar-refractivity contribution in [2.75, 3.05) is 0 Å². The summed E-state index contributed by atoms with van der Waals surface area (Å²) in [6, 6.07) is 22.0. The van der Waals surface area contributed by atoms with E-state index in [0.29, 0.717) is 21.2 Å². The number of carbonyl (C=O) groups excluding carboxylic acids is 2. The van der Waals surface area contributed by atoms with Gasteiger partial charge in [0.05, 0.1) is 17.7 Å². The fraction of sp³-hybridized carbons (Fsp3) is 0.0800. The topological polar surface area (TPSA) is 126 Å². The molecular weight excluding hydrogens is 475 g/mol. The Balaban J connectivity index is 2.04. The number of para-hydroxylation sites is 1. The van der Waals surface area contributed by atoms with Crippen molar-refractivity contribution in [2.24, 2.45) is 5.10 Å². The molecule has 3 aromatic rings. The number of rotatable bonds is 7. The van der Waals surface area contributed by atoms with E-state index in [4.69, 9.17) is 23.2 Å². The van der Waals surface area contributed by atoms with Crippen LogP contribution in [0.25, 0.3) is 0 Å². The number of Topliss-reactive ketones (excluding diaryl/α,β-unsaturated/α-hetero) is 1. The van der Waals surface area contributed by atoms with Gasteiger partial charge in [-0.3, -0.25) is 9.59 Å². The molecule has 0 radical (unpaired) electrons. The Morgan fingerprint density at radius 3 is 1.82 bits per heavy atom. The van der Waals surface area contributed by atoms with E-state index >= 15 is 0 Å². The number of nitrogens with zero attached hydrogens (tertiary/aromatic N) is 3. The van der Waals surface area contributed by atoms with Gasteiger partial charge in [-0.05, 0) is 47.5 Å². The lowest BCUT2D eigenvalue weighted by molar-refractivity contribution is -0.113. The van der Waals surface area contributed by atoms with Gasteiger partial charge < -0.3 is 5.11 Å². The number of hydrogen-bond donors (Lipinski definition) is 2. The van der Waals surface area contributed by atoms with Crippen molar-refractivity contribution in [3.8, 4) is 17.9 Å². The fourth-order valence-electron chi connectivity index (χ4n) is 3.14. The van der Waals surface area contributed by atoms with Crippen LogP contribution in [0.3, 0.4) is 0 Å². The maximum atomic E-state index is 13.5. The van der Waals surface area contributed by atoms with E-state index in [2.05, 4.69) is 10.5 Å². The van der Waals surface area contributed by atoms with Crippen LogP contribution in [0.5, 0.6) is 5.75 Å². The van der Waals surface area contributed by atoms with Crippen LogP contribution in [0.1, 0.15) is 33.3 Å². The number of nitrogens with one attached hydrogen (secondary N) is 1. The van der Waals surface area contributed by atoms with Crippen molar-refractivity contribution in [3.63, 3.8) is 0 Å². The first-order valence-corrected chi connectivity index (χ1v) is 10.6. The molecule has 0 spiro atoms. The summed E-state index contributed by atoms with van der Waals surface area (Å²) >= 11 is 11.8. The molecule has 9 heteroatoms. The van der Waals surface area contributed by atoms with E-state index in [1.165, 1.54) is 36.4 Å². The van der Waals surface area contributed by atoms with E-state index in [9.17, 15) is 25.2 Å². The molecule has 3 aromatic carbocycles. The number of ketones is 1. The molecule has 0 heterocycles. The third kappa shape index (κ3) is 5.60. The quantitative estimate of drug-likeness (QED) is 0.357. The molecule has 0 saturated heterocycles. The molecule has 2 N–H and O–H groups in total. The van der Waals surface area contributed by atoms with Gasteiger partial charge in [0.15, 0.2) is 0 Å². The minimum absolute atomic E-state index is 0.0763. The zero-order valence-electron chi connectivity index (χ0n) is 17.4. The lowest BCUT2D eigenvalue weighted by Gasteiger charge is -2.16. The first kappa shape index (κ1) is 24.5. The van der Waals surface area contributed by atoms with Crippen LogP contribution < -0.4 is 5.43 Å². The van der Waals surface area contributed by atoms with Gasteiger partial charge in [0, 0.05) is 10.0 Å². The molecule has 0 unspecified atom stereocenters. The van der Waals surface area contributed by atoms with Gasteiger partial charge in [-0.25, -0.2) is 5.43 Å². The number of hydrazone groups is 1. The molecule has 168 valence electrons. The number of hydrogen-bond acceptors (Lipinski definition) is 6. The highest BCUT2D eigenvalue weighted by Crippen LogP contribution is 2.26. The van der Waals surface area contributed by atoms with Gasteiger partial charge in [-0.2, -0.15) is 15.6 Å². The summed E-state index contributed by atoms with van der Waals surface area (Å²) in [4.78, 5) is 26.0. The summed E-state index contributed by atoms with van der Waals surface area (Å²) in [5.41, 5.74) is 2.53. The molecule has 1 amide bonds. The zero-order chi connectivity index (χ0) is 24.7. The second-order valence-corrected chi connectivity index (χ2v) is 7.92. The van der Waals surface area contributed by atoms with Gasteiger partial charge >= 0.3 is 0 Å². The van der Waals surface area contributed by atoms with Crippen molar-refractivity contribution in [1.29, 1.82) is 10.5 Å². The molecule has 0 aromatic heterocycles. The molecule has 0 fully saturated rings. The summed E-state index contributed by atoms with van der Waals surface area (Å²) < 4.78 is 0. The highest BCUT2D eigenvalue weighted by molar-refractivity contribution is 6.45. The molecule has 0 aliphatic carbocycles. The van der Waals surface area contributed by atoms with Gasteiger partial charge in [0.25, 0.3) is 5.91 Å². The van der Waals surface area contributed by atoms with E-state index in [-0.39, 0.29) is 17.0 Å². The fourth-order valence-corrected chi connectivity index (χ4v) is 3.39. The second kappa shape index (κ2) is 11.1. The number of aromatic hydroxyl groups is 1. The molecule has 7 nitrogen and oxygen atoms in total. The van der Waals surface area contributed by atoms with Gasteiger partial charge in [-0.1, -0.05) is 59.6 Å². The number of phenols is 1. The third-order valence-electron chi connectivity index (χ3n) is 4.88. The van der Waals surface area contributed by atoms with Gasteiger partial charge in [0.1, 0.15) is 23.3 Å². The van der Waals surface area contributed by atoms with E-state index in [1.54, 1.807) is 36.4 Å². The molecule has 34 heavy (non-hydrogen) atoms. The number of carbonyl (C=O) groups is 2. The summed E-state index contributed by atoms with van der Waals surface area (Å²) in [6.45, 7) is 0. The first-order chi connectivity index (χ1) is 16.3. The molecule has 3 rings (SSSR count). The van der Waals surface area contributed by atoms with Crippen molar-refractivity contribution >= 4 is 40.6 Å². The highest BCUT2D eigenvalue weighted by Gasteiger charge is 2.32. The minimum Gasteiger partial charge on any atom is -0.507 e. The largest absolute Gasteiger partial charge is 0.507 e. The SMILES string of the molecule is N#C[C@H](C(=O)/C(=N\NC(=O)c1ccccc1O)[C@H](C#N)c1ccc(Cl)cc1)c1ccc(Cl)cc1. The standard InChI is InChI=1S/C25H16Cl2N4O3/c26-17-9-5-15(6-10-17)20(13-28)23(30-31-25(34)19-3-1-2-4-22(19)32)24(33)21(14-29)16-7-11-18(27)12-8-16/h1-12,20-21,32H,(H,31,34)/b30-23-/t20-,21+/m1/s1. The number of phenolic OH excluding ortho intramolecular Hbond substituents is 1. The van der Waals surface area contributed by atoms with Crippen LogP contribution in [0.15, 0.2) is 77.9 Å². The zero-order valence-corrected chi connectivity index (χ0v) is 19.0. The van der Waals surface area contributed by atoms with Gasteiger partial charge in [-0.15, -0.1) is 0 Å². The van der Waals surface area contributed by atoms with Crippen LogP contribution in [0.2, 0.25) is 10.0 Å². The average molecular weight is 491 g/mol. The van der Waals surface area contributed by atoms with Gasteiger partial charge in [0.2, 0.25) is 5.78 Å².